The van der Waals surface area contributed by atoms with E-state index in [9.17, 15) is 0 Å². The Kier molecular flexibility index (Phi) is 3.55. The molecule has 2 aromatic rings. The lowest BCUT2D eigenvalue weighted by molar-refractivity contribution is 0.252. The molecule has 0 amide bonds. The number of rotatable bonds is 2. The summed E-state index contributed by atoms with van der Waals surface area (Å²) in [5.41, 5.74) is 4.38. The maximum absolute atomic E-state index is 8.96. The van der Waals surface area contributed by atoms with E-state index < -0.39 is 0 Å². The number of likely N-dealkylation sites (tertiary alicyclic amines) is 1. The second-order valence-electron chi connectivity index (χ2n) is 6.54. The van der Waals surface area contributed by atoms with E-state index in [1.165, 1.54) is 24.1 Å². The van der Waals surface area contributed by atoms with E-state index in [-0.39, 0.29) is 0 Å². The Hall–Kier alpha value is -2.32. The van der Waals surface area contributed by atoms with Gasteiger partial charge in [0.2, 0.25) is 0 Å². The van der Waals surface area contributed by atoms with Crippen molar-refractivity contribution in [2.75, 3.05) is 32.0 Å². The van der Waals surface area contributed by atoms with Crippen LogP contribution in [0.25, 0.3) is 5.69 Å². The Morgan fingerprint density at radius 2 is 1.96 bits per heavy atom. The van der Waals surface area contributed by atoms with E-state index in [2.05, 4.69) is 23.3 Å². The van der Waals surface area contributed by atoms with Gasteiger partial charge in [0.25, 0.3) is 0 Å². The van der Waals surface area contributed by atoms with Crippen LogP contribution in [0.4, 0.5) is 5.82 Å². The SMILES string of the molecule is CN1CCC(c2nn(-c3ccc(C#N)cc3)c3c2CCN3)CC1. The molecule has 3 heterocycles. The monoisotopic (exact) mass is 307 g/mol. The maximum atomic E-state index is 8.96. The number of piperidine rings is 1. The van der Waals surface area contributed by atoms with Crippen molar-refractivity contribution in [2.45, 2.75) is 25.2 Å². The molecule has 0 unspecified atom stereocenters. The van der Waals surface area contributed by atoms with Crippen LogP contribution in [0.2, 0.25) is 0 Å². The van der Waals surface area contributed by atoms with Crippen LogP contribution in [-0.4, -0.2) is 41.4 Å². The van der Waals surface area contributed by atoms with Crippen molar-refractivity contribution in [3.05, 3.63) is 41.1 Å². The standard InChI is InChI=1S/C18H21N5/c1-22-10-7-14(8-11-22)17-16-6-9-20-18(16)23(21-17)15-4-2-13(12-19)3-5-15/h2-5,14,20H,6-11H2,1H3. The largest absolute Gasteiger partial charge is 0.369 e. The van der Waals surface area contributed by atoms with Crippen molar-refractivity contribution in [3.63, 3.8) is 0 Å². The lowest BCUT2D eigenvalue weighted by atomic mass is 9.91. The molecule has 1 N–H and O–H groups in total. The van der Waals surface area contributed by atoms with E-state index in [1.54, 1.807) is 0 Å². The number of nitriles is 1. The van der Waals surface area contributed by atoms with Crippen LogP contribution in [0, 0.1) is 11.3 Å². The highest BCUT2D eigenvalue weighted by Gasteiger charge is 2.29. The van der Waals surface area contributed by atoms with Gasteiger partial charge < -0.3 is 10.2 Å². The summed E-state index contributed by atoms with van der Waals surface area (Å²) in [7, 11) is 2.19. The lowest BCUT2D eigenvalue weighted by Gasteiger charge is -2.28. The zero-order chi connectivity index (χ0) is 15.8. The quantitative estimate of drug-likeness (QED) is 0.926. The highest BCUT2D eigenvalue weighted by Crippen LogP contribution is 2.36. The number of nitrogens with zero attached hydrogens (tertiary/aromatic N) is 4. The molecule has 1 aromatic carbocycles. The summed E-state index contributed by atoms with van der Waals surface area (Å²) in [6.45, 7) is 3.29. The summed E-state index contributed by atoms with van der Waals surface area (Å²) in [6.07, 6.45) is 3.44. The molecule has 5 heteroatoms. The molecular formula is C18H21N5. The van der Waals surface area contributed by atoms with Crippen molar-refractivity contribution in [2.24, 2.45) is 0 Å². The highest BCUT2D eigenvalue weighted by molar-refractivity contribution is 5.58. The van der Waals surface area contributed by atoms with Gasteiger partial charge in [0, 0.05) is 18.0 Å². The summed E-state index contributed by atoms with van der Waals surface area (Å²) in [5.74, 6) is 1.71. The van der Waals surface area contributed by atoms with Crippen molar-refractivity contribution in [1.29, 1.82) is 5.26 Å². The van der Waals surface area contributed by atoms with Gasteiger partial charge in [-0.25, -0.2) is 4.68 Å². The van der Waals surface area contributed by atoms with Crippen LogP contribution in [0.15, 0.2) is 24.3 Å². The van der Waals surface area contributed by atoms with Gasteiger partial charge in [-0.2, -0.15) is 10.4 Å². The fourth-order valence-corrected chi connectivity index (χ4v) is 3.68. The lowest BCUT2D eigenvalue weighted by Crippen LogP contribution is -2.29. The molecule has 0 aliphatic carbocycles. The van der Waals surface area contributed by atoms with Crippen molar-refractivity contribution >= 4 is 5.82 Å². The maximum Gasteiger partial charge on any atom is 0.133 e. The van der Waals surface area contributed by atoms with Crippen molar-refractivity contribution in [1.82, 2.24) is 14.7 Å². The summed E-state index contributed by atoms with van der Waals surface area (Å²) in [4.78, 5) is 2.40. The molecular weight excluding hydrogens is 286 g/mol. The van der Waals surface area contributed by atoms with Crippen LogP contribution >= 0.6 is 0 Å². The first-order chi connectivity index (χ1) is 11.3. The Morgan fingerprint density at radius 1 is 1.22 bits per heavy atom. The zero-order valence-corrected chi connectivity index (χ0v) is 13.4. The average Bonchev–Trinajstić information content (AvgIpc) is 3.18. The van der Waals surface area contributed by atoms with Crippen LogP contribution in [-0.2, 0) is 6.42 Å². The minimum absolute atomic E-state index is 0.569. The second kappa shape index (κ2) is 5.71. The number of anilines is 1. The first-order valence-corrected chi connectivity index (χ1v) is 8.31. The Bertz CT molecular complexity index is 745. The number of hydrogen-bond acceptors (Lipinski definition) is 4. The molecule has 0 radical (unpaired) electrons. The van der Waals surface area contributed by atoms with E-state index in [0.717, 1.165) is 37.6 Å². The van der Waals surface area contributed by atoms with Crippen LogP contribution in [0.1, 0.15) is 35.6 Å². The number of aromatic nitrogens is 2. The summed E-state index contributed by atoms with van der Waals surface area (Å²) < 4.78 is 2.02. The Morgan fingerprint density at radius 3 is 2.65 bits per heavy atom. The molecule has 0 spiro atoms. The predicted molar refractivity (Wildman–Crippen MR) is 89.9 cm³/mol. The summed E-state index contributed by atoms with van der Waals surface area (Å²) in [5, 5.41) is 17.4. The zero-order valence-electron chi connectivity index (χ0n) is 13.4. The first kappa shape index (κ1) is 14.3. The fraction of sp³-hybridized carbons (Fsp3) is 0.444. The molecule has 2 aliphatic rings. The van der Waals surface area contributed by atoms with Gasteiger partial charge in [-0.15, -0.1) is 0 Å². The van der Waals surface area contributed by atoms with Gasteiger partial charge in [-0.05, 0) is 63.7 Å². The molecule has 0 atom stereocenters. The third-order valence-corrected chi connectivity index (χ3v) is 5.03. The molecule has 0 bridgehead atoms. The normalized spacial score (nSPS) is 18.4. The second-order valence-corrected chi connectivity index (χ2v) is 6.54. The van der Waals surface area contributed by atoms with Gasteiger partial charge in [-0.1, -0.05) is 0 Å². The van der Waals surface area contributed by atoms with E-state index in [1.807, 2.05) is 28.9 Å². The summed E-state index contributed by atoms with van der Waals surface area (Å²) >= 11 is 0. The molecule has 5 nitrogen and oxygen atoms in total. The molecule has 118 valence electrons. The van der Waals surface area contributed by atoms with E-state index in [0.29, 0.717) is 11.5 Å². The predicted octanol–water partition coefficient (Wildman–Crippen LogP) is 2.52. The molecule has 1 fully saturated rings. The van der Waals surface area contributed by atoms with Crippen molar-refractivity contribution < 1.29 is 0 Å². The first-order valence-electron chi connectivity index (χ1n) is 8.31. The van der Waals surface area contributed by atoms with E-state index >= 15 is 0 Å². The third kappa shape index (κ3) is 2.49. The molecule has 1 aromatic heterocycles. The van der Waals surface area contributed by atoms with Gasteiger partial charge in [0.1, 0.15) is 5.82 Å². The molecule has 23 heavy (non-hydrogen) atoms. The number of hydrogen-bond donors (Lipinski definition) is 1. The molecule has 1 saturated heterocycles. The van der Waals surface area contributed by atoms with Gasteiger partial charge in [0.05, 0.1) is 23.0 Å². The Balaban J connectivity index is 1.71. The van der Waals surface area contributed by atoms with Gasteiger partial charge in [0.15, 0.2) is 0 Å². The van der Waals surface area contributed by atoms with Crippen molar-refractivity contribution in [3.8, 4) is 11.8 Å². The van der Waals surface area contributed by atoms with Crippen LogP contribution < -0.4 is 5.32 Å². The number of fused-ring (bicyclic) bond motifs is 1. The number of benzene rings is 1. The van der Waals surface area contributed by atoms with Crippen LogP contribution in [0.5, 0.6) is 0 Å². The van der Waals surface area contributed by atoms with Crippen LogP contribution in [0.3, 0.4) is 0 Å². The average molecular weight is 307 g/mol. The molecule has 2 aliphatic heterocycles. The minimum atomic E-state index is 0.569. The number of nitrogens with one attached hydrogen (secondary N) is 1. The highest BCUT2D eigenvalue weighted by atomic mass is 15.3. The topological polar surface area (TPSA) is 56.9 Å². The Labute approximate surface area is 136 Å². The van der Waals surface area contributed by atoms with Gasteiger partial charge >= 0.3 is 0 Å². The fourth-order valence-electron chi connectivity index (χ4n) is 3.68. The molecule has 4 rings (SSSR count). The smallest absolute Gasteiger partial charge is 0.133 e. The van der Waals surface area contributed by atoms with E-state index in [4.69, 9.17) is 10.4 Å². The third-order valence-electron chi connectivity index (χ3n) is 5.03. The summed E-state index contributed by atoms with van der Waals surface area (Å²) in [6, 6.07) is 9.83. The minimum Gasteiger partial charge on any atom is -0.369 e. The molecule has 0 saturated carbocycles. The van der Waals surface area contributed by atoms with Gasteiger partial charge in [-0.3, -0.25) is 0 Å².